The van der Waals surface area contributed by atoms with E-state index in [0.29, 0.717) is 17.7 Å². The first kappa shape index (κ1) is 17.6. The first-order valence-electron chi connectivity index (χ1n) is 8.53. The number of aliphatic hydroxyl groups is 3. The number of Topliss-reactive ketones (excluding diaryl/α,β-unsaturated/α-hetero) is 3. The van der Waals surface area contributed by atoms with Crippen LogP contribution in [0.15, 0.2) is 35.2 Å². The van der Waals surface area contributed by atoms with Crippen molar-refractivity contribution in [3.05, 3.63) is 46.5 Å². The topological polar surface area (TPSA) is 151 Å². The van der Waals surface area contributed by atoms with Crippen molar-refractivity contribution >= 4 is 23.1 Å². The van der Waals surface area contributed by atoms with E-state index in [1.807, 2.05) is 0 Å². The summed E-state index contributed by atoms with van der Waals surface area (Å²) in [6.07, 6.45) is 1.36. The number of allylic oxidation sites excluding steroid dienone is 1. The highest BCUT2D eigenvalue weighted by atomic mass is 16.4. The van der Waals surface area contributed by atoms with E-state index in [4.69, 9.17) is 5.73 Å². The minimum Gasteiger partial charge on any atom is -0.508 e. The second-order valence-corrected chi connectivity index (χ2v) is 7.44. The second kappa shape index (κ2) is 5.34. The predicted molar refractivity (Wildman–Crippen MR) is 92.4 cm³/mol. The number of fused-ring (bicyclic) bond motifs is 3. The van der Waals surface area contributed by atoms with Crippen molar-refractivity contribution in [2.75, 3.05) is 0 Å². The third kappa shape index (κ3) is 2.05. The van der Waals surface area contributed by atoms with Crippen LogP contribution in [-0.4, -0.2) is 48.8 Å². The fourth-order valence-electron chi connectivity index (χ4n) is 4.56. The number of carbonyl (C=O) groups excluding carboxylic acids is 3. The number of ketones is 3. The Hall–Kier alpha value is -2.84. The molecule has 0 aliphatic heterocycles. The Morgan fingerprint density at radius 1 is 1.33 bits per heavy atom. The van der Waals surface area contributed by atoms with Gasteiger partial charge in [0.05, 0.1) is 11.2 Å². The minimum atomic E-state index is -2.65. The van der Waals surface area contributed by atoms with Crippen LogP contribution in [0.3, 0.4) is 0 Å². The fraction of sp³-hybridized carbons (Fsp3) is 0.368. The lowest BCUT2D eigenvalue weighted by Crippen LogP contribution is -2.72. The first-order valence-corrected chi connectivity index (χ1v) is 8.53. The molecule has 0 bridgehead atoms. The van der Waals surface area contributed by atoms with Crippen LogP contribution in [0.2, 0.25) is 0 Å². The van der Waals surface area contributed by atoms with E-state index in [1.165, 1.54) is 0 Å². The molecule has 0 spiro atoms. The summed E-state index contributed by atoms with van der Waals surface area (Å²) in [4.78, 5) is 41.6. The summed E-state index contributed by atoms with van der Waals surface area (Å²) in [5.41, 5.74) is 2.10. The molecular weight excluding hydrogens is 352 g/mol. The summed E-state index contributed by atoms with van der Waals surface area (Å²) < 4.78 is 0. The van der Waals surface area contributed by atoms with E-state index >= 15 is 0 Å². The lowest BCUT2D eigenvalue weighted by Gasteiger charge is -2.52. The molecule has 3 aliphatic carbocycles. The van der Waals surface area contributed by atoms with Gasteiger partial charge in [-0.3, -0.25) is 19.4 Å². The number of carbonyl (C=O) groups is 3. The van der Waals surface area contributed by atoms with Gasteiger partial charge in [-0.2, -0.15) is 0 Å². The highest BCUT2D eigenvalue weighted by Gasteiger charge is 2.66. The van der Waals surface area contributed by atoms with Crippen molar-refractivity contribution in [3.63, 3.8) is 0 Å². The highest BCUT2D eigenvalue weighted by molar-refractivity contribution is 6.23. The molecule has 4 rings (SSSR count). The van der Waals surface area contributed by atoms with Gasteiger partial charge in [-0.25, -0.2) is 0 Å². The molecule has 8 heteroatoms. The van der Waals surface area contributed by atoms with Crippen molar-refractivity contribution < 1.29 is 29.7 Å². The standard InChI is InChI=1S/C19H18N2O6/c1-8(22)13-12(23)7-18(20)6-9-5-11-10(3-2-4-21-11)15(24)14(9)17(26)19(18,27)16(13)25/h2-4,9,24-25,27H,5-7,20H2,1H3/t9-,18+,19+/m0/s1. The lowest BCUT2D eigenvalue weighted by molar-refractivity contribution is -0.150. The molecule has 1 fully saturated rings. The van der Waals surface area contributed by atoms with E-state index in [2.05, 4.69) is 4.98 Å². The molecule has 0 amide bonds. The van der Waals surface area contributed by atoms with Gasteiger partial charge in [0.1, 0.15) is 17.1 Å². The largest absolute Gasteiger partial charge is 0.508 e. The minimum absolute atomic E-state index is 0.0361. The fourth-order valence-corrected chi connectivity index (χ4v) is 4.56. The summed E-state index contributed by atoms with van der Waals surface area (Å²) in [5.74, 6) is -4.40. The molecule has 3 atom stereocenters. The molecule has 8 nitrogen and oxygen atoms in total. The number of nitrogens with zero attached hydrogens (tertiary/aromatic N) is 1. The quantitative estimate of drug-likeness (QED) is 0.515. The molecule has 0 aromatic carbocycles. The number of nitrogens with two attached hydrogens (primary N) is 1. The number of rotatable bonds is 1. The SMILES string of the molecule is CC(=O)C1=C(O)[C@@]2(O)C(=O)C3=C(O)c4cccnc4C[C@H]3C[C@@]2(N)CC1=O. The van der Waals surface area contributed by atoms with Crippen LogP contribution in [0.25, 0.3) is 5.76 Å². The maximum Gasteiger partial charge on any atom is 0.204 e. The monoisotopic (exact) mass is 370 g/mol. The van der Waals surface area contributed by atoms with Crippen molar-refractivity contribution in [2.24, 2.45) is 11.7 Å². The molecule has 140 valence electrons. The summed E-state index contributed by atoms with van der Waals surface area (Å²) in [6.45, 7) is 1.06. The van der Waals surface area contributed by atoms with Gasteiger partial charge in [0.2, 0.25) is 11.4 Å². The second-order valence-electron chi connectivity index (χ2n) is 7.44. The van der Waals surface area contributed by atoms with Gasteiger partial charge in [0, 0.05) is 23.8 Å². The maximum atomic E-state index is 13.2. The maximum absolute atomic E-state index is 13.2. The zero-order valence-electron chi connectivity index (χ0n) is 14.5. The Kier molecular flexibility index (Phi) is 3.47. The molecule has 1 heterocycles. The van der Waals surface area contributed by atoms with Crippen LogP contribution in [0.4, 0.5) is 0 Å². The van der Waals surface area contributed by atoms with Crippen molar-refractivity contribution in [3.8, 4) is 0 Å². The van der Waals surface area contributed by atoms with Gasteiger partial charge < -0.3 is 21.1 Å². The van der Waals surface area contributed by atoms with Crippen LogP contribution in [0.5, 0.6) is 0 Å². The van der Waals surface area contributed by atoms with E-state index < -0.39 is 52.2 Å². The molecule has 1 saturated carbocycles. The molecule has 5 N–H and O–H groups in total. The number of hydrogen-bond donors (Lipinski definition) is 4. The first-order chi connectivity index (χ1) is 12.6. The summed E-state index contributed by atoms with van der Waals surface area (Å²) >= 11 is 0. The van der Waals surface area contributed by atoms with Crippen molar-refractivity contribution in [2.45, 2.75) is 37.3 Å². The Labute approximate surface area is 154 Å². The molecular formula is C19H18N2O6. The average molecular weight is 370 g/mol. The van der Waals surface area contributed by atoms with Crippen LogP contribution < -0.4 is 5.73 Å². The van der Waals surface area contributed by atoms with Crippen LogP contribution in [0.1, 0.15) is 31.0 Å². The molecule has 1 aromatic rings. The van der Waals surface area contributed by atoms with Gasteiger partial charge in [0.15, 0.2) is 11.6 Å². The Balaban J connectivity index is 1.97. The third-order valence-corrected chi connectivity index (χ3v) is 5.84. The van der Waals surface area contributed by atoms with Gasteiger partial charge in [-0.05, 0) is 37.8 Å². The summed E-state index contributed by atoms with van der Waals surface area (Å²) in [5, 5.41) is 32.4. The lowest BCUT2D eigenvalue weighted by atomic mass is 9.55. The van der Waals surface area contributed by atoms with Gasteiger partial charge in [-0.1, -0.05) is 0 Å². The van der Waals surface area contributed by atoms with Gasteiger partial charge >= 0.3 is 0 Å². The molecule has 1 aromatic heterocycles. The van der Waals surface area contributed by atoms with Crippen LogP contribution >= 0.6 is 0 Å². The number of aromatic nitrogens is 1. The Morgan fingerprint density at radius 3 is 2.70 bits per heavy atom. The smallest absolute Gasteiger partial charge is 0.204 e. The zero-order valence-corrected chi connectivity index (χ0v) is 14.5. The zero-order chi connectivity index (χ0) is 19.7. The predicted octanol–water partition coefficient (Wildman–Crippen LogP) is 0.298. The van der Waals surface area contributed by atoms with Gasteiger partial charge in [0.25, 0.3) is 0 Å². The normalized spacial score (nSPS) is 32.8. The Morgan fingerprint density at radius 2 is 2.04 bits per heavy atom. The van der Waals surface area contributed by atoms with E-state index in [1.54, 1.807) is 18.3 Å². The van der Waals surface area contributed by atoms with E-state index in [-0.39, 0.29) is 17.8 Å². The van der Waals surface area contributed by atoms with Gasteiger partial charge in [-0.15, -0.1) is 0 Å². The molecule has 0 unspecified atom stereocenters. The molecule has 27 heavy (non-hydrogen) atoms. The molecule has 0 radical (unpaired) electrons. The highest BCUT2D eigenvalue weighted by Crippen LogP contribution is 2.51. The van der Waals surface area contributed by atoms with Crippen LogP contribution in [0, 0.1) is 5.92 Å². The molecule has 0 saturated heterocycles. The average Bonchev–Trinajstić information content (AvgIpc) is 2.58. The Bertz CT molecular complexity index is 994. The third-order valence-electron chi connectivity index (χ3n) is 5.84. The van der Waals surface area contributed by atoms with Crippen molar-refractivity contribution in [1.29, 1.82) is 0 Å². The van der Waals surface area contributed by atoms with Crippen molar-refractivity contribution in [1.82, 2.24) is 4.98 Å². The number of pyridine rings is 1. The summed E-state index contributed by atoms with van der Waals surface area (Å²) in [6, 6.07) is 3.21. The van der Waals surface area contributed by atoms with E-state index in [9.17, 15) is 29.7 Å². The number of aliphatic hydroxyl groups excluding tert-OH is 2. The van der Waals surface area contributed by atoms with Crippen LogP contribution in [-0.2, 0) is 20.8 Å². The number of hydrogen-bond acceptors (Lipinski definition) is 8. The summed E-state index contributed by atoms with van der Waals surface area (Å²) in [7, 11) is 0. The van der Waals surface area contributed by atoms with E-state index in [0.717, 1.165) is 6.92 Å². The molecule has 3 aliphatic rings.